The molecule has 2 unspecified atom stereocenters. The van der Waals surface area contributed by atoms with E-state index in [0.29, 0.717) is 6.42 Å². The van der Waals surface area contributed by atoms with Gasteiger partial charge in [0.15, 0.2) is 0 Å². The highest BCUT2D eigenvalue weighted by atomic mass is 16.2. The van der Waals surface area contributed by atoms with Crippen molar-refractivity contribution in [1.82, 2.24) is 5.32 Å². The van der Waals surface area contributed by atoms with Crippen molar-refractivity contribution < 1.29 is 9.59 Å². The molecule has 0 saturated carbocycles. The van der Waals surface area contributed by atoms with Crippen molar-refractivity contribution >= 4 is 17.5 Å². The van der Waals surface area contributed by atoms with Gasteiger partial charge in [0.25, 0.3) is 0 Å². The molecule has 19 heavy (non-hydrogen) atoms. The molecule has 0 bridgehead atoms. The Morgan fingerprint density at radius 3 is 2.47 bits per heavy atom. The summed E-state index contributed by atoms with van der Waals surface area (Å²) in [7, 11) is 0. The Bertz CT molecular complexity index is 525. The average Bonchev–Trinajstić information content (AvgIpc) is 2.38. The van der Waals surface area contributed by atoms with Crippen LogP contribution in [0.15, 0.2) is 18.2 Å². The first-order chi connectivity index (χ1) is 8.95. The molecule has 1 aliphatic rings. The van der Waals surface area contributed by atoms with Gasteiger partial charge in [0.05, 0.1) is 0 Å². The Morgan fingerprint density at radius 1 is 1.21 bits per heavy atom. The van der Waals surface area contributed by atoms with Gasteiger partial charge in [0.2, 0.25) is 11.8 Å². The van der Waals surface area contributed by atoms with Crippen molar-refractivity contribution in [2.75, 3.05) is 4.90 Å². The van der Waals surface area contributed by atoms with Gasteiger partial charge in [-0.05, 0) is 50.5 Å². The first-order valence-corrected chi connectivity index (χ1v) is 6.66. The summed E-state index contributed by atoms with van der Waals surface area (Å²) in [5.74, 6) is -0.123. The molecule has 2 rings (SSSR count). The van der Waals surface area contributed by atoms with Crippen LogP contribution in [0.5, 0.6) is 0 Å². The molecule has 1 aromatic carbocycles. The van der Waals surface area contributed by atoms with Crippen LogP contribution in [0, 0.1) is 13.8 Å². The summed E-state index contributed by atoms with van der Waals surface area (Å²) >= 11 is 0. The fourth-order valence-electron chi connectivity index (χ4n) is 2.33. The third kappa shape index (κ3) is 2.35. The molecule has 1 fully saturated rings. The number of aryl methyl sites for hydroxylation is 2. The fourth-order valence-corrected chi connectivity index (χ4v) is 2.33. The molecule has 0 spiro atoms. The summed E-state index contributed by atoms with van der Waals surface area (Å²) in [6.45, 7) is 7.70. The normalized spacial score (nSPS) is 23.5. The van der Waals surface area contributed by atoms with E-state index in [-0.39, 0.29) is 11.8 Å². The summed E-state index contributed by atoms with van der Waals surface area (Å²) in [6, 6.07) is 4.98. The molecule has 0 aromatic heterocycles. The van der Waals surface area contributed by atoms with Gasteiger partial charge in [-0.2, -0.15) is 0 Å². The molecule has 1 N–H and O–H groups in total. The molecular weight excluding hydrogens is 240 g/mol. The van der Waals surface area contributed by atoms with Crippen molar-refractivity contribution in [3.8, 4) is 0 Å². The zero-order valence-electron chi connectivity index (χ0n) is 11.9. The Hall–Kier alpha value is -1.84. The third-order valence-electron chi connectivity index (χ3n) is 3.80. The van der Waals surface area contributed by atoms with Crippen LogP contribution in [0.4, 0.5) is 5.69 Å². The predicted molar refractivity (Wildman–Crippen MR) is 75.1 cm³/mol. The molecule has 4 heteroatoms. The molecule has 1 aliphatic heterocycles. The second-order valence-corrected chi connectivity index (χ2v) is 5.12. The Morgan fingerprint density at radius 2 is 1.89 bits per heavy atom. The quantitative estimate of drug-likeness (QED) is 0.883. The number of anilines is 1. The summed E-state index contributed by atoms with van der Waals surface area (Å²) in [5.41, 5.74) is 3.10. The van der Waals surface area contributed by atoms with Gasteiger partial charge in [-0.25, -0.2) is 0 Å². The maximum atomic E-state index is 12.4. The number of rotatable bonds is 2. The molecular formula is C15H20N2O2. The van der Waals surface area contributed by atoms with Crippen molar-refractivity contribution in [3.63, 3.8) is 0 Å². The van der Waals surface area contributed by atoms with Crippen LogP contribution < -0.4 is 10.2 Å². The number of amides is 2. The van der Waals surface area contributed by atoms with E-state index in [9.17, 15) is 9.59 Å². The summed E-state index contributed by atoms with van der Waals surface area (Å²) < 4.78 is 0. The second kappa shape index (κ2) is 5.03. The first-order valence-electron chi connectivity index (χ1n) is 6.66. The Balaban J connectivity index is 2.41. The Kier molecular flexibility index (Phi) is 3.60. The third-order valence-corrected chi connectivity index (χ3v) is 3.80. The predicted octanol–water partition coefficient (Wildman–Crippen LogP) is 1.93. The van der Waals surface area contributed by atoms with Crippen LogP contribution in [0.3, 0.4) is 0 Å². The molecule has 2 atom stereocenters. The maximum absolute atomic E-state index is 12.4. The van der Waals surface area contributed by atoms with Gasteiger partial charge in [-0.3, -0.25) is 14.5 Å². The SMILES string of the molecule is CCC1NC(=O)C(C)N(c2ccc(C)c(C)c2)C1=O. The fraction of sp³-hybridized carbons (Fsp3) is 0.467. The first kappa shape index (κ1) is 13.6. The van der Waals surface area contributed by atoms with Gasteiger partial charge in [-0.1, -0.05) is 13.0 Å². The molecule has 1 heterocycles. The van der Waals surface area contributed by atoms with Crippen LogP contribution in [0.2, 0.25) is 0 Å². The lowest BCUT2D eigenvalue weighted by Crippen LogP contribution is -2.62. The maximum Gasteiger partial charge on any atom is 0.250 e. The van der Waals surface area contributed by atoms with Crippen LogP contribution in [0.1, 0.15) is 31.4 Å². The van der Waals surface area contributed by atoms with Crippen molar-refractivity contribution in [2.45, 2.75) is 46.2 Å². The van der Waals surface area contributed by atoms with E-state index < -0.39 is 12.1 Å². The number of carbonyl (C=O) groups is 2. The number of hydrogen-bond acceptors (Lipinski definition) is 2. The topological polar surface area (TPSA) is 49.4 Å². The van der Waals surface area contributed by atoms with Crippen molar-refractivity contribution in [3.05, 3.63) is 29.3 Å². The van der Waals surface area contributed by atoms with E-state index in [1.807, 2.05) is 39.0 Å². The number of benzene rings is 1. The largest absolute Gasteiger partial charge is 0.343 e. The van der Waals surface area contributed by atoms with E-state index in [2.05, 4.69) is 5.32 Å². The highest BCUT2D eigenvalue weighted by molar-refractivity contribution is 6.08. The molecule has 4 nitrogen and oxygen atoms in total. The standard InChI is InChI=1S/C15H20N2O2/c1-5-13-15(19)17(11(4)14(18)16-13)12-7-6-9(2)10(3)8-12/h6-8,11,13H,5H2,1-4H3,(H,16,18). The highest BCUT2D eigenvalue weighted by Crippen LogP contribution is 2.24. The molecule has 0 aliphatic carbocycles. The summed E-state index contributed by atoms with van der Waals surface area (Å²) in [6.07, 6.45) is 0.610. The number of carbonyl (C=O) groups excluding carboxylic acids is 2. The zero-order valence-corrected chi connectivity index (χ0v) is 11.9. The second-order valence-electron chi connectivity index (χ2n) is 5.12. The molecule has 1 aromatic rings. The van der Waals surface area contributed by atoms with Gasteiger partial charge in [0.1, 0.15) is 12.1 Å². The minimum absolute atomic E-state index is 0.0298. The lowest BCUT2D eigenvalue weighted by molar-refractivity contribution is -0.133. The van der Waals surface area contributed by atoms with E-state index in [0.717, 1.165) is 11.3 Å². The Labute approximate surface area is 113 Å². The summed E-state index contributed by atoms with van der Waals surface area (Å²) in [4.78, 5) is 26.0. The average molecular weight is 260 g/mol. The number of nitrogens with zero attached hydrogens (tertiary/aromatic N) is 1. The van der Waals surface area contributed by atoms with Crippen LogP contribution in [-0.4, -0.2) is 23.9 Å². The minimum Gasteiger partial charge on any atom is -0.343 e. The van der Waals surface area contributed by atoms with Gasteiger partial charge in [-0.15, -0.1) is 0 Å². The minimum atomic E-state index is -0.461. The van der Waals surface area contributed by atoms with Gasteiger partial charge < -0.3 is 5.32 Å². The molecule has 1 saturated heterocycles. The number of nitrogens with one attached hydrogen (secondary N) is 1. The molecule has 0 radical (unpaired) electrons. The van der Waals surface area contributed by atoms with E-state index in [4.69, 9.17) is 0 Å². The zero-order chi connectivity index (χ0) is 14.2. The van der Waals surface area contributed by atoms with Crippen LogP contribution >= 0.6 is 0 Å². The number of piperazine rings is 1. The lowest BCUT2D eigenvalue weighted by Gasteiger charge is -2.37. The van der Waals surface area contributed by atoms with Crippen LogP contribution in [0.25, 0.3) is 0 Å². The summed E-state index contributed by atoms with van der Waals surface area (Å²) in [5, 5.41) is 2.76. The monoisotopic (exact) mass is 260 g/mol. The number of hydrogen-bond donors (Lipinski definition) is 1. The van der Waals surface area contributed by atoms with Gasteiger partial charge in [0, 0.05) is 5.69 Å². The van der Waals surface area contributed by atoms with E-state index in [1.54, 1.807) is 11.8 Å². The van der Waals surface area contributed by atoms with E-state index >= 15 is 0 Å². The van der Waals surface area contributed by atoms with E-state index in [1.165, 1.54) is 5.56 Å². The lowest BCUT2D eigenvalue weighted by atomic mass is 10.0. The smallest absolute Gasteiger partial charge is 0.250 e. The van der Waals surface area contributed by atoms with Crippen molar-refractivity contribution in [2.24, 2.45) is 0 Å². The van der Waals surface area contributed by atoms with Crippen LogP contribution in [-0.2, 0) is 9.59 Å². The highest BCUT2D eigenvalue weighted by Gasteiger charge is 2.37. The van der Waals surface area contributed by atoms with Gasteiger partial charge >= 0.3 is 0 Å². The van der Waals surface area contributed by atoms with Crippen molar-refractivity contribution in [1.29, 1.82) is 0 Å². The molecule has 2 amide bonds. The molecule has 102 valence electrons.